The minimum Gasteiger partial charge on any atom is -0.383 e. The van der Waals surface area contributed by atoms with Gasteiger partial charge in [-0.2, -0.15) is 0 Å². The number of nitrogens with one attached hydrogen (secondary N) is 2. The van der Waals surface area contributed by atoms with Crippen LogP contribution < -0.4 is 10.6 Å². The second-order valence-electron chi connectivity index (χ2n) is 3.54. The van der Waals surface area contributed by atoms with Gasteiger partial charge in [-0.25, -0.2) is 4.79 Å². The second kappa shape index (κ2) is 10.3. The molecule has 0 aliphatic rings. The summed E-state index contributed by atoms with van der Waals surface area (Å²) in [4.78, 5) is 24.2. The molecule has 100 valence electrons. The highest BCUT2D eigenvalue weighted by molar-refractivity contribution is 6.19. The number of carbonyl (C=O) groups excluding carboxylic acids is 2. The SMILES string of the molecule is COCCN(C)CCNC(=O)NC(=O)CCCl. The van der Waals surface area contributed by atoms with Crippen molar-refractivity contribution < 1.29 is 14.3 Å². The summed E-state index contributed by atoms with van der Waals surface area (Å²) in [5, 5.41) is 4.76. The van der Waals surface area contributed by atoms with Gasteiger partial charge in [0.1, 0.15) is 0 Å². The van der Waals surface area contributed by atoms with Crippen molar-refractivity contribution in [2.75, 3.05) is 46.3 Å². The lowest BCUT2D eigenvalue weighted by molar-refractivity contribution is -0.119. The third kappa shape index (κ3) is 10.0. The molecule has 0 aliphatic carbocycles. The normalized spacial score (nSPS) is 10.4. The lowest BCUT2D eigenvalue weighted by Gasteiger charge is -2.16. The summed E-state index contributed by atoms with van der Waals surface area (Å²) in [6.07, 6.45) is 0.142. The quantitative estimate of drug-likeness (QED) is 0.607. The Labute approximate surface area is 107 Å². The van der Waals surface area contributed by atoms with Crippen LogP contribution in [0, 0.1) is 0 Å². The van der Waals surface area contributed by atoms with Crippen LogP contribution in [0.3, 0.4) is 0 Å². The fraction of sp³-hybridized carbons (Fsp3) is 0.800. The molecule has 0 unspecified atom stereocenters. The molecular formula is C10H20ClN3O3. The Morgan fingerprint density at radius 2 is 2.06 bits per heavy atom. The highest BCUT2D eigenvalue weighted by Gasteiger charge is 2.06. The fourth-order valence-electron chi connectivity index (χ4n) is 1.04. The smallest absolute Gasteiger partial charge is 0.321 e. The Morgan fingerprint density at radius 3 is 2.65 bits per heavy atom. The molecule has 0 atom stereocenters. The molecule has 0 radical (unpaired) electrons. The van der Waals surface area contributed by atoms with E-state index >= 15 is 0 Å². The zero-order valence-electron chi connectivity index (χ0n) is 10.3. The molecule has 0 aromatic heterocycles. The van der Waals surface area contributed by atoms with Gasteiger partial charge in [-0.3, -0.25) is 10.1 Å². The maximum absolute atomic E-state index is 11.2. The van der Waals surface area contributed by atoms with Gasteiger partial charge in [0.25, 0.3) is 0 Å². The topological polar surface area (TPSA) is 70.7 Å². The van der Waals surface area contributed by atoms with Gasteiger partial charge in [-0.05, 0) is 7.05 Å². The van der Waals surface area contributed by atoms with Crippen LogP contribution in [0.15, 0.2) is 0 Å². The number of nitrogens with zero attached hydrogens (tertiary/aromatic N) is 1. The van der Waals surface area contributed by atoms with Crippen molar-refractivity contribution in [3.63, 3.8) is 0 Å². The standard InChI is InChI=1S/C10H20ClN3O3/c1-14(7-8-17-2)6-5-12-10(16)13-9(15)3-4-11/h3-8H2,1-2H3,(H2,12,13,15,16). The summed E-state index contributed by atoms with van der Waals surface area (Å²) in [5.74, 6) is -0.163. The van der Waals surface area contributed by atoms with E-state index in [4.69, 9.17) is 16.3 Å². The average molecular weight is 266 g/mol. The average Bonchev–Trinajstić information content (AvgIpc) is 2.26. The van der Waals surface area contributed by atoms with Gasteiger partial charge < -0.3 is 15.0 Å². The molecule has 0 spiro atoms. The number of halogens is 1. The molecule has 0 bridgehead atoms. The highest BCUT2D eigenvalue weighted by Crippen LogP contribution is 1.84. The Bertz CT molecular complexity index is 239. The molecule has 17 heavy (non-hydrogen) atoms. The van der Waals surface area contributed by atoms with E-state index in [1.54, 1.807) is 7.11 Å². The van der Waals surface area contributed by atoms with E-state index in [1.807, 2.05) is 11.9 Å². The Hall–Kier alpha value is -0.850. The summed E-state index contributed by atoms with van der Waals surface area (Å²) in [5.41, 5.74) is 0. The van der Waals surface area contributed by atoms with Crippen molar-refractivity contribution in [2.45, 2.75) is 6.42 Å². The summed E-state index contributed by atoms with van der Waals surface area (Å²) in [7, 11) is 3.57. The van der Waals surface area contributed by atoms with Gasteiger partial charge in [0.15, 0.2) is 0 Å². The maximum atomic E-state index is 11.2. The number of amides is 3. The molecule has 0 aromatic carbocycles. The number of hydrogen-bond donors (Lipinski definition) is 2. The molecule has 0 aromatic rings. The van der Waals surface area contributed by atoms with Crippen LogP contribution in [0.2, 0.25) is 0 Å². The molecule has 0 fully saturated rings. The minimum atomic E-state index is -0.486. The predicted octanol–water partition coefficient (Wildman–Crippen LogP) is 0.0193. The van der Waals surface area contributed by atoms with Crippen molar-refractivity contribution in [1.29, 1.82) is 0 Å². The monoisotopic (exact) mass is 265 g/mol. The largest absolute Gasteiger partial charge is 0.383 e. The molecule has 0 heterocycles. The summed E-state index contributed by atoms with van der Waals surface area (Å²) < 4.78 is 4.92. The van der Waals surface area contributed by atoms with E-state index in [0.29, 0.717) is 19.7 Å². The van der Waals surface area contributed by atoms with Crippen LogP contribution in [0.25, 0.3) is 0 Å². The van der Waals surface area contributed by atoms with Crippen molar-refractivity contribution in [2.24, 2.45) is 0 Å². The molecule has 3 amide bonds. The van der Waals surface area contributed by atoms with Crippen LogP contribution in [0.1, 0.15) is 6.42 Å². The van der Waals surface area contributed by atoms with Gasteiger partial charge in [0.2, 0.25) is 5.91 Å². The molecular weight excluding hydrogens is 246 g/mol. The zero-order chi connectivity index (χ0) is 13.1. The number of urea groups is 1. The number of carbonyl (C=O) groups is 2. The molecule has 0 saturated heterocycles. The van der Waals surface area contributed by atoms with Crippen LogP contribution in [0.4, 0.5) is 4.79 Å². The molecule has 0 saturated carbocycles. The first-order chi connectivity index (χ1) is 8.10. The summed E-state index contributed by atoms with van der Waals surface area (Å²) >= 11 is 5.36. The van der Waals surface area contributed by atoms with Gasteiger partial charge in [-0.1, -0.05) is 0 Å². The van der Waals surface area contributed by atoms with Crippen molar-refractivity contribution in [1.82, 2.24) is 15.5 Å². The number of alkyl halides is 1. The summed E-state index contributed by atoms with van der Waals surface area (Å²) in [6.45, 7) is 2.61. The van der Waals surface area contributed by atoms with Crippen LogP contribution >= 0.6 is 11.6 Å². The van der Waals surface area contributed by atoms with Crippen molar-refractivity contribution >= 4 is 23.5 Å². The first kappa shape index (κ1) is 16.1. The first-order valence-electron chi connectivity index (χ1n) is 5.41. The van der Waals surface area contributed by atoms with Crippen LogP contribution in [-0.4, -0.2) is 63.1 Å². The summed E-state index contributed by atoms with van der Waals surface area (Å²) in [6, 6.07) is -0.486. The Balaban J connectivity index is 3.53. The van der Waals surface area contributed by atoms with Gasteiger partial charge >= 0.3 is 6.03 Å². The van der Waals surface area contributed by atoms with E-state index in [-0.39, 0.29) is 18.2 Å². The molecule has 0 rings (SSSR count). The van der Waals surface area contributed by atoms with Gasteiger partial charge in [0.05, 0.1) is 6.61 Å². The number of rotatable bonds is 8. The zero-order valence-corrected chi connectivity index (χ0v) is 11.0. The van der Waals surface area contributed by atoms with E-state index in [9.17, 15) is 9.59 Å². The lowest BCUT2D eigenvalue weighted by Crippen LogP contribution is -2.42. The Morgan fingerprint density at radius 1 is 1.35 bits per heavy atom. The maximum Gasteiger partial charge on any atom is 0.321 e. The number of hydrogen-bond acceptors (Lipinski definition) is 4. The number of ether oxygens (including phenoxy) is 1. The second-order valence-corrected chi connectivity index (χ2v) is 3.92. The van der Waals surface area contributed by atoms with E-state index < -0.39 is 6.03 Å². The minimum absolute atomic E-state index is 0.142. The third-order valence-corrected chi connectivity index (χ3v) is 2.22. The highest BCUT2D eigenvalue weighted by atomic mass is 35.5. The fourth-order valence-corrected chi connectivity index (χ4v) is 1.21. The third-order valence-electron chi connectivity index (χ3n) is 2.03. The Kier molecular flexibility index (Phi) is 9.80. The van der Waals surface area contributed by atoms with Crippen LogP contribution in [0.5, 0.6) is 0 Å². The molecule has 2 N–H and O–H groups in total. The molecule has 7 heteroatoms. The van der Waals surface area contributed by atoms with Crippen LogP contribution in [-0.2, 0) is 9.53 Å². The predicted molar refractivity (Wildman–Crippen MR) is 66.3 cm³/mol. The van der Waals surface area contributed by atoms with Gasteiger partial charge in [-0.15, -0.1) is 11.6 Å². The molecule has 0 aliphatic heterocycles. The number of imide groups is 1. The van der Waals surface area contributed by atoms with E-state index in [0.717, 1.165) is 6.54 Å². The molecule has 6 nitrogen and oxygen atoms in total. The number of likely N-dealkylation sites (N-methyl/N-ethyl adjacent to an activating group) is 1. The van der Waals surface area contributed by atoms with Gasteiger partial charge in [0, 0.05) is 39.0 Å². The van der Waals surface area contributed by atoms with E-state index in [1.165, 1.54) is 0 Å². The van der Waals surface area contributed by atoms with Crippen molar-refractivity contribution in [3.05, 3.63) is 0 Å². The number of methoxy groups -OCH3 is 1. The lowest BCUT2D eigenvalue weighted by atomic mass is 10.4. The van der Waals surface area contributed by atoms with E-state index in [2.05, 4.69) is 10.6 Å². The first-order valence-corrected chi connectivity index (χ1v) is 5.94. The van der Waals surface area contributed by atoms with Crippen molar-refractivity contribution in [3.8, 4) is 0 Å².